The molecule has 0 aliphatic heterocycles. The van der Waals surface area contributed by atoms with Crippen LogP contribution >= 0.6 is 35.1 Å². The van der Waals surface area contributed by atoms with E-state index < -0.39 is 5.91 Å². The van der Waals surface area contributed by atoms with Crippen molar-refractivity contribution in [3.05, 3.63) is 59.2 Å². The number of carbonyl (C=O) groups excluding carboxylic acids is 1. The Morgan fingerprint density at radius 1 is 1.20 bits per heavy atom. The lowest BCUT2D eigenvalue weighted by molar-refractivity contribution is -0.614. The summed E-state index contributed by atoms with van der Waals surface area (Å²) in [5.41, 5.74) is 0.788. The number of pyridine rings is 2. The second kappa shape index (κ2) is 8.77. The Balaban J connectivity index is 1.66. The lowest BCUT2D eigenvalue weighted by atomic mass is 10.3. The third-order valence-corrected chi connectivity index (χ3v) is 6.27. The SMILES string of the molecule is Cc1nsc(NC(=O)c2nc(Sc3ncn[nH]3)ccc2Sc2ccc(C)[n+]([O-])c2)n1. The minimum atomic E-state index is -0.421. The van der Waals surface area contributed by atoms with Crippen LogP contribution in [0.4, 0.5) is 5.13 Å². The molecular formula is C17H14N8O2S3. The fourth-order valence-electron chi connectivity index (χ4n) is 2.30. The van der Waals surface area contributed by atoms with Crippen LogP contribution in [0.25, 0.3) is 0 Å². The molecule has 4 heterocycles. The summed E-state index contributed by atoms with van der Waals surface area (Å²) in [4.78, 5) is 27.0. The molecule has 1 amide bonds. The van der Waals surface area contributed by atoms with Gasteiger partial charge in [-0.15, -0.1) is 0 Å². The van der Waals surface area contributed by atoms with E-state index in [1.807, 2.05) is 6.07 Å². The van der Waals surface area contributed by atoms with E-state index in [-0.39, 0.29) is 5.69 Å². The Kier molecular flexibility index (Phi) is 5.92. The minimum absolute atomic E-state index is 0.204. The molecule has 0 unspecified atom stereocenters. The molecule has 0 aromatic carbocycles. The molecule has 0 aliphatic carbocycles. The highest BCUT2D eigenvalue weighted by Crippen LogP contribution is 2.32. The van der Waals surface area contributed by atoms with Gasteiger partial charge in [-0.2, -0.15) is 14.2 Å². The Morgan fingerprint density at radius 3 is 2.77 bits per heavy atom. The zero-order valence-electron chi connectivity index (χ0n) is 15.7. The zero-order chi connectivity index (χ0) is 21.1. The molecule has 0 saturated carbocycles. The van der Waals surface area contributed by atoms with Crippen molar-refractivity contribution >= 4 is 46.1 Å². The zero-order valence-corrected chi connectivity index (χ0v) is 18.1. The van der Waals surface area contributed by atoms with Crippen LogP contribution in [0.15, 0.2) is 56.8 Å². The molecule has 4 aromatic heterocycles. The highest BCUT2D eigenvalue weighted by molar-refractivity contribution is 7.99. The van der Waals surface area contributed by atoms with E-state index in [0.29, 0.717) is 36.6 Å². The predicted octanol–water partition coefficient (Wildman–Crippen LogP) is 2.86. The van der Waals surface area contributed by atoms with Crippen LogP contribution < -0.4 is 10.0 Å². The fraction of sp³-hybridized carbons (Fsp3) is 0.118. The third-order valence-electron chi connectivity index (χ3n) is 3.70. The van der Waals surface area contributed by atoms with Gasteiger partial charge in [0.1, 0.15) is 22.9 Å². The van der Waals surface area contributed by atoms with E-state index in [1.54, 1.807) is 32.0 Å². The van der Waals surface area contributed by atoms with Crippen LogP contribution in [0, 0.1) is 19.1 Å². The highest BCUT2D eigenvalue weighted by atomic mass is 32.2. The van der Waals surface area contributed by atoms with Gasteiger partial charge in [0, 0.05) is 29.4 Å². The average Bonchev–Trinajstić information content (AvgIpc) is 3.37. The van der Waals surface area contributed by atoms with Gasteiger partial charge in [0.2, 0.25) is 5.13 Å². The van der Waals surface area contributed by atoms with E-state index in [1.165, 1.54) is 36.0 Å². The summed E-state index contributed by atoms with van der Waals surface area (Å²) in [6.07, 6.45) is 2.86. The normalized spacial score (nSPS) is 10.9. The van der Waals surface area contributed by atoms with Gasteiger partial charge in [-0.3, -0.25) is 15.2 Å². The van der Waals surface area contributed by atoms with Gasteiger partial charge in [-0.1, -0.05) is 11.8 Å². The molecule has 4 rings (SSSR count). The van der Waals surface area contributed by atoms with Crippen molar-refractivity contribution in [1.82, 2.24) is 29.5 Å². The van der Waals surface area contributed by atoms with E-state index >= 15 is 0 Å². The number of carbonyl (C=O) groups is 1. The summed E-state index contributed by atoms with van der Waals surface area (Å²) in [7, 11) is 0. The summed E-state index contributed by atoms with van der Waals surface area (Å²) in [5.74, 6) is 0.155. The van der Waals surface area contributed by atoms with E-state index in [0.717, 1.165) is 16.3 Å². The number of aryl methyl sites for hydroxylation is 2. The summed E-state index contributed by atoms with van der Waals surface area (Å²) in [6, 6.07) is 7.11. The third kappa shape index (κ3) is 4.75. The van der Waals surface area contributed by atoms with Crippen LogP contribution in [0.2, 0.25) is 0 Å². The van der Waals surface area contributed by atoms with E-state index in [2.05, 4.69) is 34.8 Å². The van der Waals surface area contributed by atoms with Crippen molar-refractivity contribution in [2.45, 2.75) is 33.8 Å². The maximum absolute atomic E-state index is 13.0. The first-order valence-electron chi connectivity index (χ1n) is 8.51. The number of aromatic amines is 1. The number of amides is 1. The van der Waals surface area contributed by atoms with Crippen molar-refractivity contribution in [2.24, 2.45) is 0 Å². The molecule has 2 N–H and O–H groups in total. The van der Waals surface area contributed by atoms with Crippen LogP contribution in [0.1, 0.15) is 22.0 Å². The number of nitrogens with one attached hydrogen (secondary N) is 2. The molecule has 0 bridgehead atoms. The van der Waals surface area contributed by atoms with Crippen LogP contribution in [0.5, 0.6) is 0 Å². The van der Waals surface area contributed by atoms with Crippen molar-refractivity contribution in [3.8, 4) is 0 Å². The molecule has 0 spiro atoms. The number of anilines is 1. The molecule has 4 aromatic rings. The molecule has 0 atom stereocenters. The number of nitrogens with zero attached hydrogens (tertiary/aromatic N) is 6. The average molecular weight is 459 g/mol. The van der Waals surface area contributed by atoms with Crippen LogP contribution in [-0.2, 0) is 0 Å². The minimum Gasteiger partial charge on any atom is -0.618 e. The Hall–Kier alpha value is -3.03. The first kappa shape index (κ1) is 20.3. The standard InChI is InChI=1S/C17H14N8O2S3/c1-9-3-4-11(7-25(9)27)28-12-5-6-13(29-16-18-8-19-23-16)21-14(12)15(26)22-17-20-10(2)24-30-17/h3-8H,1-2H3,(H,18,19,23)(H,20,22,24,26). The van der Waals surface area contributed by atoms with Crippen LogP contribution in [0.3, 0.4) is 0 Å². The van der Waals surface area contributed by atoms with Gasteiger partial charge < -0.3 is 5.21 Å². The monoisotopic (exact) mass is 458 g/mol. The number of aromatic nitrogens is 7. The van der Waals surface area contributed by atoms with Gasteiger partial charge >= 0.3 is 0 Å². The van der Waals surface area contributed by atoms with E-state index in [4.69, 9.17) is 0 Å². The summed E-state index contributed by atoms with van der Waals surface area (Å²) in [5, 5.41) is 22.7. The number of hydrogen-bond acceptors (Lipinski definition) is 10. The second-order valence-corrected chi connectivity index (χ2v) is 8.80. The van der Waals surface area contributed by atoms with Gasteiger partial charge in [-0.25, -0.2) is 15.0 Å². The van der Waals surface area contributed by atoms with Crippen molar-refractivity contribution in [2.75, 3.05) is 5.32 Å². The number of H-pyrrole nitrogens is 1. The number of hydrogen-bond donors (Lipinski definition) is 2. The highest BCUT2D eigenvalue weighted by Gasteiger charge is 2.19. The molecule has 0 fully saturated rings. The van der Waals surface area contributed by atoms with Crippen LogP contribution in [-0.4, -0.2) is 35.4 Å². The Labute approximate surface area is 183 Å². The first-order chi connectivity index (χ1) is 14.5. The quantitative estimate of drug-likeness (QED) is 0.330. The lowest BCUT2D eigenvalue weighted by Gasteiger charge is -2.10. The fourth-order valence-corrected chi connectivity index (χ4v) is 4.45. The first-order valence-corrected chi connectivity index (χ1v) is 10.9. The largest absolute Gasteiger partial charge is 0.618 e. The van der Waals surface area contributed by atoms with Crippen molar-refractivity contribution < 1.29 is 9.52 Å². The summed E-state index contributed by atoms with van der Waals surface area (Å²) in [6.45, 7) is 3.47. The van der Waals surface area contributed by atoms with Crippen molar-refractivity contribution in [1.29, 1.82) is 0 Å². The van der Waals surface area contributed by atoms with Gasteiger partial charge in [-0.05, 0) is 36.9 Å². The van der Waals surface area contributed by atoms with Crippen molar-refractivity contribution in [3.63, 3.8) is 0 Å². The Morgan fingerprint density at radius 2 is 2.07 bits per heavy atom. The summed E-state index contributed by atoms with van der Waals surface area (Å²) >= 11 is 3.62. The Bertz CT molecular complexity index is 1200. The topological polar surface area (TPSA) is 136 Å². The molecule has 13 heteroatoms. The maximum atomic E-state index is 13.0. The molecule has 10 nitrogen and oxygen atoms in total. The molecule has 0 aliphatic rings. The van der Waals surface area contributed by atoms with Gasteiger partial charge in [0.15, 0.2) is 17.0 Å². The lowest BCUT2D eigenvalue weighted by Crippen LogP contribution is -2.29. The predicted molar refractivity (Wildman–Crippen MR) is 112 cm³/mol. The smallest absolute Gasteiger partial charge is 0.277 e. The molecule has 0 saturated heterocycles. The maximum Gasteiger partial charge on any atom is 0.277 e. The van der Waals surface area contributed by atoms with Gasteiger partial charge in [0.25, 0.3) is 5.91 Å². The van der Waals surface area contributed by atoms with Gasteiger partial charge in [0.05, 0.1) is 4.90 Å². The second-order valence-electron chi connectivity index (χ2n) is 5.92. The van der Waals surface area contributed by atoms with E-state index in [9.17, 15) is 10.0 Å². The number of rotatable bonds is 6. The molecular weight excluding hydrogens is 444 g/mol. The molecule has 152 valence electrons. The molecule has 0 radical (unpaired) electrons. The molecule has 30 heavy (non-hydrogen) atoms. The summed E-state index contributed by atoms with van der Waals surface area (Å²) < 4.78 is 4.85.